The first-order valence-corrected chi connectivity index (χ1v) is 22.7. The molecular formula is C47H50N12O10. The van der Waals surface area contributed by atoms with Gasteiger partial charge in [0.1, 0.15) is 29.9 Å². The summed E-state index contributed by atoms with van der Waals surface area (Å²) < 4.78 is 24.1. The van der Waals surface area contributed by atoms with Crippen molar-refractivity contribution in [3.63, 3.8) is 0 Å². The summed E-state index contributed by atoms with van der Waals surface area (Å²) in [5.41, 5.74) is 3.58. The van der Waals surface area contributed by atoms with Crippen LogP contribution in [0.2, 0.25) is 0 Å². The molecule has 3 aliphatic rings. The Balaban J connectivity index is 0.683. The number of hydrogen-bond donors (Lipinski definition) is 4. The highest BCUT2D eigenvalue weighted by atomic mass is 16.5. The number of ketones is 2. The molecule has 0 spiro atoms. The molecule has 4 amide bonds. The molecule has 2 aliphatic heterocycles. The number of aryl methyl sites for hydroxylation is 1. The fourth-order valence-corrected chi connectivity index (χ4v) is 7.60. The standard InChI is InChI=1S/C47H50N12O10/c1-48-26-29-7-11-31(12-8-29)49-47-50-36(25-40(52-47)51-41-24-35(55-56-41)30-9-10-30)38(61)15-13-32-27-58(57-54-32)17-19-67-21-23-68-22-20-66-18-3-4-33(60)28-69-39-6-2-5-34-43(39)46(65)59(45(34)64)37-14-16-42(62)53-44(37)63/h2,5-8,11-12,24-25,27,30,37H,3-4,9-10,13-23,26,28H2,(H,53,62,63)(H3,49,50,51,52,55,56). The lowest BCUT2D eigenvalue weighted by atomic mass is 10.0. The van der Waals surface area contributed by atoms with Crippen molar-refractivity contribution in [3.8, 4) is 5.75 Å². The molecule has 358 valence electrons. The van der Waals surface area contributed by atoms with Gasteiger partial charge in [-0.2, -0.15) is 10.1 Å². The molecule has 0 radical (unpaired) electrons. The van der Waals surface area contributed by atoms with Crippen LogP contribution in [0.5, 0.6) is 5.75 Å². The van der Waals surface area contributed by atoms with E-state index in [0.29, 0.717) is 88.0 Å². The van der Waals surface area contributed by atoms with Gasteiger partial charge in [-0.3, -0.25) is 44.1 Å². The number of imide groups is 2. The number of carbonyl (C=O) groups is 6. The highest BCUT2D eigenvalue weighted by Crippen LogP contribution is 2.40. The molecule has 1 saturated heterocycles. The number of nitrogens with zero attached hydrogens (tertiary/aromatic N) is 8. The maximum Gasteiger partial charge on any atom is 0.266 e. The lowest BCUT2D eigenvalue weighted by Gasteiger charge is -2.27. The predicted octanol–water partition coefficient (Wildman–Crippen LogP) is 4.27. The summed E-state index contributed by atoms with van der Waals surface area (Å²) in [7, 11) is 0. The number of rotatable bonds is 27. The molecule has 8 rings (SSSR count). The Bertz CT molecular complexity index is 2730. The van der Waals surface area contributed by atoms with E-state index in [4.69, 9.17) is 25.5 Å². The Morgan fingerprint density at radius 2 is 1.64 bits per heavy atom. The Labute approximate surface area is 395 Å². The second-order valence-electron chi connectivity index (χ2n) is 16.5. The van der Waals surface area contributed by atoms with Crippen LogP contribution in [-0.2, 0) is 48.1 Å². The van der Waals surface area contributed by atoms with Crippen LogP contribution < -0.4 is 20.7 Å². The summed E-state index contributed by atoms with van der Waals surface area (Å²) in [6.45, 7) is 9.58. The molecule has 0 bridgehead atoms. The number of carbonyl (C=O) groups excluding carboxylic acids is 6. The SMILES string of the molecule is [C-]#[N+]Cc1ccc(Nc2nc(Nc3cc(C4CC4)[nH]n3)cc(C(=O)CCc3cn(CCOCCOCCOCCCC(=O)COc4cccc5c4C(=O)N(C4CCC(=O)NC4=O)C5=O)nn3)n2)cc1. The highest BCUT2D eigenvalue weighted by molar-refractivity contribution is 6.24. The van der Waals surface area contributed by atoms with Gasteiger partial charge in [0.25, 0.3) is 11.8 Å². The molecule has 1 atom stereocenters. The summed E-state index contributed by atoms with van der Waals surface area (Å²) in [5, 5.41) is 24.3. The van der Waals surface area contributed by atoms with E-state index in [1.807, 2.05) is 30.3 Å². The van der Waals surface area contributed by atoms with Crippen molar-refractivity contribution >= 4 is 58.5 Å². The van der Waals surface area contributed by atoms with Gasteiger partial charge in [0.15, 0.2) is 17.4 Å². The number of hydrogen-bond acceptors (Lipinski definition) is 17. The molecule has 3 aromatic heterocycles. The van der Waals surface area contributed by atoms with E-state index in [-0.39, 0.29) is 78.9 Å². The number of nitrogens with one attached hydrogen (secondary N) is 4. The Morgan fingerprint density at radius 3 is 2.41 bits per heavy atom. The van der Waals surface area contributed by atoms with Gasteiger partial charge in [-0.1, -0.05) is 11.3 Å². The zero-order valence-electron chi connectivity index (χ0n) is 37.6. The fraction of sp³-hybridized carbons (Fsp3) is 0.404. The van der Waals surface area contributed by atoms with Crippen molar-refractivity contribution in [1.29, 1.82) is 0 Å². The predicted molar refractivity (Wildman–Crippen MR) is 244 cm³/mol. The van der Waals surface area contributed by atoms with Gasteiger partial charge in [0.05, 0.1) is 56.4 Å². The van der Waals surface area contributed by atoms with E-state index in [9.17, 15) is 28.8 Å². The minimum absolute atomic E-state index is 0.00706. The maximum atomic E-state index is 13.5. The van der Waals surface area contributed by atoms with Crippen molar-refractivity contribution in [2.75, 3.05) is 56.9 Å². The molecule has 1 aliphatic carbocycles. The van der Waals surface area contributed by atoms with Crippen molar-refractivity contribution in [2.24, 2.45) is 0 Å². The first-order chi connectivity index (χ1) is 33.6. The summed E-state index contributed by atoms with van der Waals surface area (Å²) in [4.78, 5) is 89.6. The van der Waals surface area contributed by atoms with Crippen molar-refractivity contribution in [1.82, 2.24) is 45.4 Å². The number of Topliss-reactive ketones (excluding diaryl/α,β-unsaturated/α-hetero) is 2. The monoisotopic (exact) mass is 942 g/mol. The number of fused-ring (bicyclic) bond motifs is 1. The van der Waals surface area contributed by atoms with Gasteiger partial charge >= 0.3 is 0 Å². The maximum absolute atomic E-state index is 13.5. The lowest BCUT2D eigenvalue weighted by molar-refractivity contribution is -0.136. The van der Waals surface area contributed by atoms with Crippen molar-refractivity contribution in [2.45, 2.75) is 76.4 Å². The van der Waals surface area contributed by atoms with Crippen LogP contribution in [-0.4, -0.2) is 128 Å². The third kappa shape index (κ3) is 12.8. The van der Waals surface area contributed by atoms with E-state index in [2.05, 4.69) is 51.3 Å². The molecular weight excluding hydrogens is 893 g/mol. The average molecular weight is 943 g/mol. The quantitative estimate of drug-likeness (QED) is 0.0248. The van der Waals surface area contributed by atoms with E-state index in [0.717, 1.165) is 29.0 Å². The van der Waals surface area contributed by atoms with Crippen LogP contribution in [0, 0.1) is 6.57 Å². The van der Waals surface area contributed by atoms with Gasteiger partial charge in [0, 0.05) is 73.5 Å². The topological polar surface area (TPSA) is 268 Å². The Morgan fingerprint density at radius 1 is 0.855 bits per heavy atom. The second-order valence-corrected chi connectivity index (χ2v) is 16.5. The molecule has 69 heavy (non-hydrogen) atoms. The molecule has 5 aromatic rings. The highest BCUT2D eigenvalue weighted by Gasteiger charge is 2.46. The molecule has 22 nitrogen and oxygen atoms in total. The van der Waals surface area contributed by atoms with Gasteiger partial charge in [-0.25, -0.2) is 16.2 Å². The number of amides is 4. The minimum atomic E-state index is -1.10. The summed E-state index contributed by atoms with van der Waals surface area (Å²) in [6.07, 6.45) is 5.17. The normalized spacial score (nSPS) is 15.5. The lowest BCUT2D eigenvalue weighted by Crippen LogP contribution is -2.54. The molecule has 1 unspecified atom stereocenters. The molecule has 2 aromatic carbocycles. The third-order valence-corrected chi connectivity index (χ3v) is 11.3. The van der Waals surface area contributed by atoms with Gasteiger partial charge in [-0.05, 0) is 62.1 Å². The van der Waals surface area contributed by atoms with Crippen LogP contribution in [0.4, 0.5) is 23.3 Å². The van der Waals surface area contributed by atoms with E-state index in [1.165, 1.54) is 18.2 Å². The first kappa shape index (κ1) is 47.7. The van der Waals surface area contributed by atoms with Crippen molar-refractivity contribution < 1.29 is 47.7 Å². The summed E-state index contributed by atoms with van der Waals surface area (Å²) in [5.74, 6) is -1.17. The fourth-order valence-electron chi connectivity index (χ4n) is 7.60. The van der Waals surface area contributed by atoms with E-state index >= 15 is 0 Å². The van der Waals surface area contributed by atoms with Crippen LogP contribution in [0.1, 0.15) is 99.0 Å². The zero-order valence-corrected chi connectivity index (χ0v) is 37.6. The van der Waals surface area contributed by atoms with Gasteiger partial charge in [0.2, 0.25) is 24.3 Å². The Hall–Kier alpha value is -7.74. The third-order valence-electron chi connectivity index (χ3n) is 11.3. The van der Waals surface area contributed by atoms with Gasteiger partial charge < -0.3 is 34.4 Å². The van der Waals surface area contributed by atoms with Crippen LogP contribution >= 0.6 is 0 Å². The Kier molecular flexibility index (Phi) is 15.8. The number of aromatic nitrogens is 7. The van der Waals surface area contributed by atoms with Crippen molar-refractivity contribution in [3.05, 3.63) is 106 Å². The molecule has 1 saturated carbocycles. The number of benzene rings is 2. The summed E-state index contributed by atoms with van der Waals surface area (Å²) in [6, 6.07) is 14.3. The van der Waals surface area contributed by atoms with E-state index in [1.54, 1.807) is 16.9 Å². The number of anilines is 4. The molecule has 2 fully saturated rings. The first-order valence-electron chi connectivity index (χ1n) is 22.7. The van der Waals surface area contributed by atoms with Crippen LogP contribution in [0.25, 0.3) is 4.85 Å². The molecule has 5 heterocycles. The number of aromatic amines is 1. The number of H-pyrrole nitrogens is 1. The summed E-state index contributed by atoms with van der Waals surface area (Å²) >= 11 is 0. The smallest absolute Gasteiger partial charge is 0.266 e. The largest absolute Gasteiger partial charge is 0.485 e. The van der Waals surface area contributed by atoms with Crippen LogP contribution in [0.15, 0.2) is 60.8 Å². The van der Waals surface area contributed by atoms with Gasteiger partial charge in [-0.15, -0.1) is 5.10 Å². The molecule has 4 N–H and O–H groups in total. The minimum Gasteiger partial charge on any atom is -0.485 e. The number of piperidine rings is 1. The van der Waals surface area contributed by atoms with Crippen LogP contribution in [0.3, 0.4) is 0 Å². The van der Waals surface area contributed by atoms with E-state index < -0.39 is 29.7 Å². The number of ether oxygens (including phenoxy) is 4. The second kappa shape index (κ2) is 22.8. The average Bonchev–Trinajstić information content (AvgIpc) is 3.82. The zero-order chi connectivity index (χ0) is 48.1. The molecule has 22 heteroatoms.